The van der Waals surface area contributed by atoms with Crippen LogP contribution in [-0.4, -0.2) is 52.8 Å². The number of aryl methyl sites for hydroxylation is 1. The van der Waals surface area contributed by atoms with Crippen LogP contribution in [0.2, 0.25) is 0 Å². The second kappa shape index (κ2) is 8.90. The lowest BCUT2D eigenvalue weighted by molar-refractivity contribution is -0.138. The molecule has 0 saturated carbocycles. The van der Waals surface area contributed by atoms with E-state index in [0.29, 0.717) is 24.4 Å². The molecule has 6 heteroatoms. The first kappa shape index (κ1) is 20.9. The summed E-state index contributed by atoms with van der Waals surface area (Å²) < 4.78 is 0. The molecule has 1 saturated heterocycles. The first-order chi connectivity index (χ1) is 16.1. The summed E-state index contributed by atoms with van der Waals surface area (Å²) in [5, 5.41) is 0. The number of amides is 2. The smallest absolute Gasteiger partial charge is 0.278 e. The molecule has 3 heterocycles. The van der Waals surface area contributed by atoms with Gasteiger partial charge in [-0.2, -0.15) is 0 Å². The van der Waals surface area contributed by atoms with Crippen molar-refractivity contribution in [3.63, 3.8) is 0 Å². The molecular weight excluding hydrogens is 412 g/mol. The topological polar surface area (TPSA) is 56.8 Å². The molecule has 0 atom stereocenters. The molecule has 0 radical (unpaired) electrons. The van der Waals surface area contributed by atoms with Gasteiger partial charge in [0, 0.05) is 32.4 Å². The highest BCUT2D eigenvalue weighted by Crippen LogP contribution is 2.33. The quantitative estimate of drug-likeness (QED) is 0.571. The number of carbonyl (C=O) groups is 2. The molecule has 1 fully saturated rings. The van der Waals surface area contributed by atoms with Crippen molar-refractivity contribution in [3.05, 3.63) is 101 Å². The monoisotopic (exact) mass is 438 g/mol. The Labute approximate surface area is 193 Å². The van der Waals surface area contributed by atoms with E-state index in [9.17, 15) is 9.59 Å². The van der Waals surface area contributed by atoms with Gasteiger partial charge in [0.25, 0.3) is 11.8 Å². The molecule has 166 valence electrons. The van der Waals surface area contributed by atoms with Gasteiger partial charge in [0.15, 0.2) is 0 Å². The molecule has 0 bridgehead atoms. The van der Waals surface area contributed by atoms with Crippen LogP contribution in [0.5, 0.6) is 0 Å². The van der Waals surface area contributed by atoms with E-state index in [1.807, 2.05) is 79.7 Å². The maximum atomic E-state index is 13.6. The molecule has 2 aromatic carbocycles. The molecule has 5 rings (SSSR count). The van der Waals surface area contributed by atoms with Crippen LogP contribution in [0.4, 0.5) is 5.82 Å². The van der Waals surface area contributed by atoms with Crippen LogP contribution in [0.25, 0.3) is 5.57 Å². The minimum absolute atomic E-state index is 0.217. The number of piperazine rings is 1. The molecule has 33 heavy (non-hydrogen) atoms. The SMILES string of the molecule is Cc1ccc(CN2C(=O)C(c3ccccc3)=C(N3CCN(c4ccccn4)CC3)C2=O)cc1. The highest BCUT2D eigenvalue weighted by atomic mass is 16.2. The van der Waals surface area contributed by atoms with Crippen molar-refractivity contribution in [2.24, 2.45) is 0 Å². The maximum Gasteiger partial charge on any atom is 0.278 e. The van der Waals surface area contributed by atoms with Gasteiger partial charge >= 0.3 is 0 Å². The first-order valence-electron chi connectivity index (χ1n) is 11.2. The molecule has 0 spiro atoms. The minimum atomic E-state index is -0.228. The van der Waals surface area contributed by atoms with E-state index in [-0.39, 0.29) is 18.4 Å². The molecule has 0 aliphatic carbocycles. The van der Waals surface area contributed by atoms with Crippen LogP contribution in [0.3, 0.4) is 0 Å². The number of hydrogen-bond acceptors (Lipinski definition) is 5. The van der Waals surface area contributed by atoms with Crippen LogP contribution >= 0.6 is 0 Å². The Bertz CT molecular complexity index is 1180. The van der Waals surface area contributed by atoms with E-state index < -0.39 is 0 Å². The lowest BCUT2D eigenvalue weighted by Crippen LogP contribution is -2.47. The lowest BCUT2D eigenvalue weighted by atomic mass is 10.0. The fourth-order valence-corrected chi connectivity index (χ4v) is 4.44. The highest BCUT2D eigenvalue weighted by molar-refractivity contribution is 6.35. The molecule has 2 aliphatic heterocycles. The third kappa shape index (κ3) is 4.12. The van der Waals surface area contributed by atoms with Crippen LogP contribution in [0.1, 0.15) is 16.7 Å². The van der Waals surface area contributed by atoms with Gasteiger partial charge in [-0.25, -0.2) is 4.98 Å². The van der Waals surface area contributed by atoms with E-state index >= 15 is 0 Å². The van der Waals surface area contributed by atoms with E-state index in [2.05, 4.69) is 14.8 Å². The predicted molar refractivity (Wildman–Crippen MR) is 128 cm³/mol. The Balaban J connectivity index is 1.43. The third-order valence-electron chi connectivity index (χ3n) is 6.24. The third-order valence-corrected chi connectivity index (χ3v) is 6.24. The number of aromatic nitrogens is 1. The molecule has 2 amide bonds. The van der Waals surface area contributed by atoms with Gasteiger partial charge in [0.1, 0.15) is 11.5 Å². The molecule has 0 N–H and O–H groups in total. The number of carbonyl (C=O) groups excluding carboxylic acids is 2. The molecule has 2 aliphatic rings. The summed E-state index contributed by atoms with van der Waals surface area (Å²) in [5.41, 5.74) is 3.88. The number of hydrogen-bond donors (Lipinski definition) is 0. The van der Waals surface area contributed by atoms with E-state index in [1.165, 1.54) is 4.90 Å². The average Bonchev–Trinajstić information content (AvgIpc) is 3.11. The van der Waals surface area contributed by atoms with Crippen molar-refractivity contribution in [1.82, 2.24) is 14.8 Å². The molecule has 1 aromatic heterocycles. The normalized spacial score (nSPS) is 16.7. The Morgan fingerprint density at radius 1 is 0.758 bits per heavy atom. The minimum Gasteiger partial charge on any atom is -0.363 e. The van der Waals surface area contributed by atoms with Crippen molar-refractivity contribution < 1.29 is 9.59 Å². The maximum absolute atomic E-state index is 13.6. The van der Waals surface area contributed by atoms with Gasteiger partial charge < -0.3 is 9.80 Å². The van der Waals surface area contributed by atoms with Gasteiger partial charge in [0.2, 0.25) is 0 Å². The van der Waals surface area contributed by atoms with Crippen LogP contribution in [-0.2, 0) is 16.1 Å². The fourth-order valence-electron chi connectivity index (χ4n) is 4.44. The summed E-state index contributed by atoms with van der Waals surface area (Å²) in [4.78, 5) is 37.2. The number of benzene rings is 2. The zero-order valence-corrected chi connectivity index (χ0v) is 18.6. The summed E-state index contributed by atoms with van der Waals surface area (Å²) in [6.45, 7) is 5.07. The average molecular weight is 439 g/mol. The predicted octanol–water partition coefficient (Wildman–Crippen LogP) is 3.49. The van der Waals surface area contributed by atoms with Gasteiger partial charge in [-0.05, 0) is 30.2 Å². The van der Waals surface area contributed by atoms with Crippen molar-refractivity contribution >= 4 is 23.2 Å². The second-order valence-corrected chi connectivity index (χ2v) is 8.43. The van der Waals surface area contributed by atoms with Crippen molar-refractivity contribution in [3.8, 4) is 0 Å². The number of imide groups is 1. The number of nitrogens with zero attached hydrogens (tertiary/aromatic N) is 4. The van der Waals surface area contributed by atoms with Crippen molar-refractivity contribution in [2.45, 2.75) is 13.5 Å². The van der Waals surface area contributed by atoms with E-state index in [1.54, 1.807) is 6.20 Å². The largest absolute Gasteiger partial charge is 0.363 e. The summed E-state index contributed by atoms with van der Waals surface area (Å²) >= 11 is 0. The van der Waals surface area contributed by atoms with Crippen molar-refractivity contribution in [1.29, 1.82) is 0 Å². The lowest BCUT2D eigenvalue weighted by Gasteiger charge is -2.37. The summed E-state index contributed by atoms with van der Waals surface area (Å²) in [5.74, 6) is 0.490. The van der Waals surface area contributed by atoms with E-state index in [4.69, 9.17) is 0 Å². The number of rotatable bonds is 5. The van der Waals surface area contributed by atoms with Gasteiger partial charge in [0.05, 0.1) is 12.1 Å². The Morgan fingerprint density at radius 3 is 2.09 bits per heavy atom. The van der Waals surface area contributed by atoms with Crippen LogP contribution in [0.15, 0.2) is 84.7 Å². The second-order valence-electron chi connectivity index (χ2n) is 8.43. The molecule has 3 aromatic rings. The summed E-state index contributed by atoms with van der Waals surface area (Å²) in [7, 11) is 0. The number of pyridine rings is 1. The molecule has 6 nitrogen and oxygen atoms in total. The molecule has 0 unspecified atom stereocenters. The fraction of sp³-hybridized carbons (Fsp3) is 0.222. The van der Waals surface area contributed by atoms with Crippen LogP contribution in [0, 0.1) is 6.92 Å². The number of anilines is 1. The van der Waals surface area contributed by atoms with Crippen LogP contribution < -0.4 is 4.90 Å². The standard InChI is InChI=1S/C27H26N4O2/c1-20-10-12-21(13-11-20)19-31-26(32)24(22-7-3-2-4-8-22)25(27(31)33)30-17-15-29(16-18-30)23-9-5-6-14-28-23/h2-14H,15-19H2,1H3. The Hall–Kier alpha value is -3.93. The molecular formula is C27H26N4O2. The van der Waals surface area contributed by atoms with Gasteiger partial charge in [-0.3, -0.25) is 14.5 Å². The zero-order valence-electron chi connectivity index (χ0n) is 18.6. The zero-order chi connectivity index (χ0) is 22.8. The Morgan fingerprint density at radius 2 is 1.42 bits per heavy atom. The Kier molecular flexibility index (Phi) is 5.65. The first-order valence-corrected chi connectivity index (χ1v) is 11.2. The van der Waals surface area contributed by atoms with Gasteiger partial charge in [-0.15, -0.1) is 0 Å². The highest BCUT2D eigenvalue weighted by Gasteiger charge is 2.42. The van der Waals surface area contributed by atoms with Crippen molar-refractivity contribution in [2.75, 3.05) is 31.1 Å². The van der Waals surface area contributed by atoms with E-state index in [0.717, 1.165) is 35.6 Å². The van der Waals surface area contributed by atoms with Gasteiger partial charge in [-0.1, -0.05) is 66.2 Å². The summed E-state index contributed by atoms with van der Waals surface area (Å²) in [6, 6.07) is 23.4. The summed E-state index contributed by atoms with van der Waals surface area (Å²) in [6.07, 6.45) is 1.79.